The molecule has 0 spiro atoms. The lowest BCUT2D eigenvalue weighted by Gasteiger charge is -2.26. The van der Waals surface area contributed by atoms with Gasteiger partial charge in [-0.15, -0.1) is 0 Å². The molecule has 2 saturated heterocycles. The summed E-state index contributed by atoms with van der Waals surface area (Å²) < 4.78 is 13.1. The standard InChI is InChI=1S/C21H24FN5O2/c1-14-18(12-23-21(24-14)26-9-3-2-4-10-26)20(29)25-16-11-19(28)27(13-16)17-7-5-15(22)6-8-17/h5-8,12,16H,2-4,9-11,13H2,1H3,(H,25,29). The first-order valence-corrected chi connectivity index (χ1v) is 9.96. The molecule has 2 aliphatic rings. The van der Waals surface area contributed by atoms with Gasteiger partial charge >= 0.3 is 0 Å². The Balaban J connectivity index is 1.41. The molecular weight excluding hydrogens is 373 g/mol. The Kier molecular flexibility index (Phi) is 5.42. The fraction of sp³-hybridized carbons (Fsp3) is 0.429. The zero-order valence-corrected chi connectivity index (χ0v) is 16.4. The third-order valence-corrected chi connectivity index (χ3v) is 5.45. The van der Waals surface area contributed by atoms with E-state index in [1.54, 1.807) is 30.2 Å². The molecule has 0 aliphatic carbocycles. The number of benzene rings is 1. The Labute approximate surface area is 168 Å². The summed E-state index contributed by atoms with van der Waals surface area (Å²) >= 11 is 0. The van der Waals surface area contributed by atoms with Gasteiger partial charge in [-0.1, -0.05) is 0 Å². The second kappa shape index (κ2) is 8.14. The normalized spacial score (nSPS) is 19.5. The minimum atomic E-state index is -0.353. The first-order valence-electron chi connectivity index (χ1n) is 9.96. The maximum atomic E-state index is 13.1. The first-order chi connectivity index (χ1) is 14.0. The van der Waals surface area contributed by atoms with Gasteiger partial charge in [-0.05, 0) is 50.5 Å². The van der Waals surface area contributed by atoms with Gasteiger partial charge in [-0.2, -0.15) is 0 Å². The van der Waals surface area contributed by atoms with Crippen LogP contribution in [0.2, 0.25) is 0 Å². The molecule has 1 N–H and O–H groups in total. The monoisotopic (exact) mass is 397 g/mol. The molecule has 3 heterocycles. The molecule has 152 valence electrons. The van der Waals surface area contributed by atoms with Crippen LogP contribution in [0, 0.1) is 12.7 Å². The summed E-state index contributed by atoms with van der Waals surface area (Å²) in [6, 6.07) is 5.45. The second-order valence-electron chi connectivity index (χ2n) is 7.57. The molecule has 2 aliphatic heterocycles. The van der Waals surface area contributed by atoms with Crippen LogP contribution in [0.4, 0.5) is 16.0 Å². The minimum Gasteiger partial charge on any atom is -0.347 e. The lowest BCUT2D eigenvalue weighted by atomic mass is 10.1. The Bertz CT molecular complexity index is 912. The Morgan fingerprint density at radius 2 is 1.90 bits per heavy atom. The number of carbonyl (C=O) groups is 2. The van der Waals surface area contributed by atoms with Gasteiger partial charge in [0.15, 0.2) is 0 Å². The van der Waals surface area contributed by atoms with Crippen LogP contribution in [0.25, 0.3) is 0 Å². The van der Waals surface area contributed by atoms with E-state index in [0.29, 0.717) is 29.4 Å². The molecule has 0 radical (unpaired) electrons. The zero-order chi connectivity index (χ0) is 20.4. The molecule has 1 unspecified atom stereocenters. The van der Waals surface area contributed by atoms with Crippen molar-refractivity contribution in [2.24, 2.45) is 0 Å². The van der Waals surface area contributed by atoms with E-state index in [2.05, 4.69) is 20.2 Å². The molecule has 7 nitrogen and oxygen atoms in total. The number of hydrogen-bond acceptors (Lipinski definition) is 5. The highest BCUT2D eigenvalue weighted by Gasteiger charge is 2.32. The largest absolute Gasteiger partial charge is 0.347 e. The summed E-state index contributed by atoms with van der Waals surface area (Å²) in [4.78, 5) is 37.7. The predicted molar refractivity (Wildman–Crippen MR) is 107 cm³/mol. The summed E-state index contributed by atoms with van der Waals surface area (Å²) in [5.41, 5.74) is 1.66. The van der Waals surface area contributed by atoms with E-state index in [1.807, 2.05) is 0 Å². The molecule has 29 heavy (non-hydrogen) atoms. The van der Waals surface area contributed by atoms with Gasteiger partial charge in [0.05, 0.1) is 17.3 Å². The smallest absolute Gasteiger partial charge is 0.254 e. The van der Waals surface area contributed by atoms with E-state index < -0.39 is 0 Å². The molecule has 2 fully saturated rings. The van der Waals surface area contributed by atoms with Crippen LogP contribution in [0.3, 0.4) is 0 Å². The van der Waals surface area contributed by atoms with Gasteiger partial charge in [0.2, 0.25) is 11.9 Å². The van der Waals surface area contributed by atoms with Crippen LogP contribution in [0.5, 0.6) is 0 Å². The molecule has 1 aromatic carbocycles. The van der Waals surface area contributed by atoms with Gasteiger partial charge in [0.1, 0.15) is 5.82 Å². The maximum Gasteiger partial charge on any atom is 0.254 e. The third kappa shape index (κ3) is 4.21. The van der Waals surface area contributed by atoms with Gasteiger partial charge in [0, 0.05) is 37.9 Å². The predicted octanol–water partition coefficient (Wildman–Crippen LogP) is 2.45. The molecule has 2 aromatic rings. The summed E-state index contributed by atoms with van der Waals surface area (Å²) in [5, 5.41) is 2.91. The highest BCUT2D eigenvalue weighted by Crippen LogP contribution is 2.22. The minimum absolute atomic E-state index is 0.102. The van der Waals surface area contributed by atoms with Crippen molar-refractivity contribution >= 4 is 23.5 Å². The van der Waals surface area contributed by atoms with Gasteiger partial charge in [-0.3, -0.25) is 9.59 Å². The average molecular weight is 397 g/mol. The third-order valence-electron chi connectivity index (χ3n) is 5.45. The molecule has 0 saturated carbocycles. The highest BCUT2D eigenvalue weighted by atomic mass is 19.1. The Hall–Kier alpha value is -3.03. The fourth-order valence-electron chi connectivity index (χ4n) is 3.86. The van der Waals surface area contributed by atoms with Crippen molar-refractivity contribution < 1.29 is 14.0 Å². The lowest BCUT2D eigenvalue weighted by Crippen LogP contribution is -2.38. The fourth-order valence-corrected chi connectivity index (χ4v) is 3.86. The SMILES string of the molecule is Cc1nc(N2CCCCC2)ncc1C(=O)NC1CC(=O)N(c2ccc(F)cc2)C1. The maximum absolute atomic E-state index is 13.1. The van der Waals surface area contributed by atoms with Crippen LogP contribution >= 0.6 is 0 Å². The molecule has 0 bridgehead atoms. The van der Waals surface area contributed by atoms with Crippen molar-refractivity contribution in [2.75, 3.05) is 29.4 Å². The number of carbonyl (C=O) groups excluding carboxylic acids is 2. The van der Waals surface area contributed by atoms with Crippen molar-refractivity contribution in [3.8, 4) is 0 Å². The van der Waals surface area contributed by atoms with Crippen molar-refractivity contribution in [3.05, 3.63) is 47.5 Å². The highest BCUT2D eigenvalue weighted by molar-refractivity contribution is 5.99. The number of hydrogen-bond donors (Lipinski definition) is 1. The van der Waals surface area contributed by atoms with Gasteiger partial charge < -0.3 is 15.1 Å². The summed E-state index contributed by atoms with van der Waals surface area (Å²) in [6.07, 6.45) is 5.26. The number of anilines is 2. The van der Waals surface area contributed by atoms with E-state index in [-0.39, 0.29) is 30.1 Å². The van der Waals surface area contributed by atoms with Gasteiger partial charge in [0.25, 0.3) is 5.91 Å². The van der Waals surface area contributed by atoms with Crippen LogP contribution in [-0.2, 0) is 4.79 Å². The van der Waals surface area contributed by atoms with Gasteiger partial charge in [-0.25, -0.2) is 14.4 Å². The number of rotatable bonds is 4. The Morgan fingerprint density at radius 3 is 2.59 bits per heavy atom. The number of piperidine rings is 1. The second-order valence-corrected chi connectivity index (χ2v) is 7.57. The summed E-state index contributed by atoms with van der Waals surface area (Å²) in [6.45, 7) is 4.03. The van der Waals surface area contributed by atoms with E-state index >= 15 is 0 Å². The van der Waals surface area contributed by atoms with E-state index in [1.165, 1.54) is 18.6 Å². The number of halogens is 1. The quantitative estimate of drug-likeness (QED) is 0.857. The van der Waals surface area contributed by atoms with E-state index in [0.717, 1.165) is 25.9 Å². The summed E-state index contributed by atoms with van der Waals surface area (Å²) in [5.74, 6) is -0.0761. The van der Waals surface area contributed by atoms with Crippen LogP contribution in [0.1, 0.15) is 41.7 Å². The van der Waals surface area contributed by atoms with Crippen molar-refractivity contribution in [3.63, 3.8) is 0 Å². The molecule has 2 amide bonds. The van der Waals surface area contributed by atoms with Crippen LogP contribution in [-0.4, -0.2) is 47.5 Å². The molecule has 8 heteroatoms. The average Bonchev–Trinajstić information content (AvgIpc) is 3.09. The van der Waals surface area contributed by atoms with E-state index in [4.69, 9.17) is 0 Å². The molecule has 1 aromatic heterocycles. The topological polar surface area (TPSA) is 78.4 Å². The van der Waals surface area contributed by atoms with Crippen molar-refractivity contribution in [1.29, 1.82) is 0 Å². The van der Waals surface area contributed by atoms with Crippen LogP contribution in [0.15, 0.2) is 30.5 Å². The Morgan fingerprint density at radius 1 is 1.17 bits per heavy atom. The summed E-state index contributed by atoms with van der Waals surface area (Å²) in [7, 11) is 0. The first kappa shape index (κ1) is 19.3. The molecule has 4 rings (SSSR count). The molecule has 1 atom stereocenters. The number of nitrogens with zero attached hydrogens (tertiary/aromatic N) is 4. The number of amides is 2. The number of aryl methyl sites for hydroxylation is 1. The number of nitrogens with one attached hydrogen (secondary N) is 1. The number of aromatic nitrogens is 2. The van der Waals surface area contributed by atoms with E-state index in [9.17, 15) is 14.0 Å². The zero-order valence-electron chi connectivity index (χ0n) is 16.4. The van der Waals surface area contributed by atoms with Crippen molar-refractivity contribution in [1.82, 2.24) is 15.3 Å². The lowest BCUT2D eigenvalue weighted by molar-refractivity contribution is -0.117. The van der Waals surface area contributed by atoms with Crippen LogP contribution < -0.4 is 15.1 Å². The molecular formula is C21H24FN5O2. The van der Waals surface area contributed by atoms with Crippen molar-refractivity contribution in [2.45, 2.75) is 38.6 Å².